The summed E-state index contributed by atoms with van der Waals surface area (Å²) in [6.07, 6.45) is 1.05. The fourth-order valence-corrected chi connectivity index (χ4v) is 3.09. The van der Waals surface area contributed by atoms with E-state index in [-0.39, 0.29) is 11.4 Å². The number of hydrogen-bond donors (Lipinski definition) is 2. The number of aliphatic carboxylic acids is 1. The van der Waals surface area contributed by atoms with E-state index in [4.69, 9.17) is 5.11 Å². The summed E-state index contributed by atoms with van der Waals surface area (Å²) in [6, 6.07) is 6.67. The minimum absolute atomic E-state index is 0.0450. The molecule has 0 atom stereocenters. The van der Waals surface area contributed by atoms with E-state index < -0.39 is 21.4 Å². The van der Waals surface area contributed by atoms with Crippen molar-refractivity contribution in [1.82, 2.24) is 4.72 Å². The van der Waals surface area contributed by atoms with E-state index in [1.165, 1.54) is 0 Å². The molecule has 0 amide bonds. The van der Waals surface area contributed by atoms with Gasteiger partial charge >= 0.3 is 5.97 Å². The fraction of sp³-hybridized carbons (Fsp3) is 0.500. The smallest absolute Gasteiger partial charge is 0.310 e. The van der Waals surface area contributed by atoms with Crippen LogP contribution >= 0.6 is 0 Å². The first-order valence-corrected chi connectivity index (χ1v) is 8.08. The first kappa shape index (κ1) is 15.0. The Labute approximate surface area is 119 Å². The lowest BCUT2D eigenvalue weighted by Gasteiger charge is -2.12. The molecule has 2 N–H and O–H groups in total. The highest BCUT2D eigenvalue weighted by atomic mass is 32.2. The van der Waals surface area contributed by atoms with Crippen LogP contribution in [0.25, 0.3) is 0 Å². The number of sulfonamides is 1. The average molecular weight is 297 g/mol. The lowest BCUT2D eigenvalue weighted by Crippen LogP contribution is -2.34. The quantitative estimate of drug-likeness (QED) is 0.840. The summed E-state index contributed by atoms with van der Waals surface area (Å²) in [6.45, 7) is 4.02. The predicted molar refractivity (Wildman–Crippen MR) is 75.0 cm³/mol. The zero-order valence-corrected chi connectivity index (χ0v) is 12.4. The minimum atomic E-state index is -3.64. The van der Waals surface area contributed by atoms with E-state index in [1.54, 1.807) is 24.3 Å². The monoisotopic (exact) mass is 297 g/mol. The molecule has 1 aromatic rings. The van der Waals surface area contributed by atoms with Gasteiger partial charge < -0.3 is 5.11 Å². The van der Waals surface area contributed by atoms with Crippen molar-refractivity contribution in [2.24, 2.45) is 5.41 Å². The maximum atomic E-state index is 12.1. The number of carbonyl (C=O) groups is 1. The van der Waals surface area contributed by atoms with Gasteiger partial charge in [0.15, 0.2) is 0 Å². The van der Waals surface area contributed by atoms with Crippen LogP contribution in [0.5, 0.6) is 0 Å². The molecule has 110 valence electrons. The number of rotatable bonds is 6. The zero-order chi connectivity index (χ0) is 15.0. The molecule has 0 spiro atoms. The maximum absolute atomic E-state index is 12.1. The normalized spacial score (nSPS) is 17.1. The van der Waals surface area contributed by atoms with Gasteiger partial charge in [-0.1, -0.05) is 26.0 Å². The highest BCUT2D eigenvalue weighted by molar-refractivity contribution is 7.89. The molecule has 0 aromatic heterocycles. The van der Waals surface area contributed by atoms with Crippen LogP contribution in [0.2, 0.25) is 0 Å². The molecule has 0 unspecified atom stereocenters. The summed E-state index contributed by atoms with van der Waals surface area (Å²) in [5, 5.41) is 9.03. The van der Waals surface area contributed by atoms with E-state index in [1.807, 2.05) is 13.8 Å². The Morgan fingerprint density at radius 2 is 1.85 bits per heavy atom. The van der Waals surface area contributed by atoms with Crippen molar-refractivity contribution < 1.29 is 18.3 Å². The van der Waals surface area contributed by atoms with Gasteiger partial charge in [0.2, 0.25) is 10.0 Å². The Balaban J connectivity index is 2.09. The molecule has 2 rings (SSSR count). The van der Waals surface area contributed by atoms with Crippen molar-refractivity contribution >= 4 is 16.0 Å². The first-order valence-electron chi connectivity index (χ1n) is 6.60. The van der Waals surface area contributed by atoms with Crippen molar-refractivity contribution in [3.63, 3.8) is 0 Å². The Hall–Kier alpha value is -1.40. The van der Waals surface area contributed by atoms with Crippen LogP contribution in [0.15, 0.2) is 29.2 Å². The topological polar surface area (TPSA) is 83.5 Å². The third kappa shape index (κ3) is 3.02. The van der Waals surface area contributed by atoms with Crippen molar-refractivity contribution in [2.75, 3.05) is 6.54 Å². The van der Waals surface area contributed by atoms with Gasteiger partial charge in [-0.3, -0.25) is 4.79 Å². The molecule has 0 saturated heterocycles. The number of hydrogen-bond acceptors (Lipinski definition) is 3. The molecule has 0 aliphatic heterocycles. The standard InChI is InChI=1S/C14H19NO4S/c1-10(2)11-3-5-12(6-4-11)20(18,19)15-9-14(7-8-14)13(16)17/h3-6,10,15H,7-9H2,1-2H3,(H,16,17). The third-order valence-corrected chi connectivity index (χ3v) is 5.18. The van der Waals surface area contributed by atoms with Crippen molar-refractivity contribution in [3.8, 4) is 0 Å². The molecule has 0 bridgehead atoms. The molecule has 1 aliphatic carbocycles. The number of benzene rings is 1. The second-order valence-electron chi connectivity index (χ2n) is 5.63. The van der Waals surface area contributed by atoms with E-state index in [0.717, 1.165) is 5.56 Å². The van der Waals surface area contributed by atoms with Crippen molar-refractivity contribution in [2.45, 2.75) is 37.5 Å². The molecule has 0 radical (unpaired) electrons. The van der Waals surface area contributed by atoms with Crippen LogP contribution in [0.3, 0.4) is 0 Å². The summed E-state index contributed by atoms with van der Waals surface area (Å²) in [4.78, 5) is 11.2. The summed E-state index contributed by atoms with van der Waals surface area (Å²) < 4.78 is 26.6. The Morgan fingerprint density at radius 3 is 2.25 bits per heavy atom. The second-order valence-corrected chi connectivity index (χ2v) is 7.40. The number of carboxylic acid groups (broad SMARTS) is 1. The molecule has 1 fully saturated rings. The minimum Gasteiger partial charge on any atom is -0.481 e. The Bertz CT molecular complexity index is 601. The number of carboxylic acids is 1. The summed E-state index contributed by atoms with van der Waals surface area (Å²) in [5.74, 6) is -0.600. The first-order chi connectivity index (χ1) is 9.27. The third-order valence-electron chi connectivity index (χ3n) is 3.76. The van der Waals surface area contributed by atoms with Gasteiger partial charge in [-0.25, -0.2) is 13.1 Å². The fourth-order valence-electron chi connectivity index (χ4n) is 1.97. The van der Waals surface area contributed by atoms with Gasteiger partial charge in [0.05, 0.1) is 10.3 Å². The summed E-state index contributed by atoms with van der Waals surface area (Å²) in [7, 11) is -3.64. The Kier molecular flexibility index (Phi) is 3.88. The van der Waals surface area contributed by atoms with E-state index in [9.17, 15) is 13.2 Å². The van der Waals surface area contributed by atoms with Crippen molar-refractivity contribution in [1.29, 1.82) is 0 Å². The Morgan fingerprint density at radius 1 is 1.30 bits per heavy atom. The van der Waals surface area contributed by atoms with Crippen molar-refractivity contribution in [3.05, 3.63) is 29.8 Å². The van der Waals surface area contributed by atoms with Crippen LogP contribution in [-0.2, 0) is 14.8 Å². The van der Waals surface area contributed by atoms with Crippen LogP contribution in [0.4, 0.5) is 0 Å². The molecular weight excluding hydrogens is 278 g/mol. The van der Waals surface area contributed by atoms with Gasteiger partial charge in [-0.2, -0.15) is 0 Å². The molecular formula is C14H19NO4S. The van der Waals surface area contributed by atoms with E-state index >= 15 is 0 Å². The summed E-state index contributed by atoms with van der Waals surface area (Å²) in [5.41, 5.74) is 0.165. The summed E-state index contributed by atoms with van der Waals surface area (Å²) >= 11 is 0. The van der Waals surface area contributed by atoms with Gasteiger partial charge in [0, 0.05) is 6.54 Å². The highest BCUT2D eigenvalue weighted by Gasteiger charge is 2.50. The van der Waals surface area contributed by atoms with Crippen LogP contribution < -0.4 is 4.72 Å². The van der Waals surface area contributed by atoms with Crippen LogP contribution in [-0.4, -0.2) is 26.0 Å². The maximum Gasteiger partial charge on any atom is 0.310 e. The highest BCUT2D eigenvalue weighted by Crippen LogP contribution is 2.45. The van der Waals surface area contributed by atoms with Crippen LogP contribution in [0, 0.1) is 5.41 Å². The molecule has 1 aliphatic rings. The second kappa shape index (κ2) is 5.18. The van der Waals surface area contributed by atoms with Gasteiger partial charge in [-0.05, 0) is 36.5 Å². The average Bonchev–Trinajstić information content (AvgIpc) is 3.18. The van der Waals surface area contributed by atoms with E-state index in [2.05, 4.69) is 4.72 Å². The van der Waals surface area contributed by atoms with Gasteiger partial charge in [-0.15, -0.1) is 0 Å². The number of nitrogens with one attached hydrogen (secondary N) is 1. The largest absolute Gasteiger partial charge is 0.481 e. The molecule has 1 aromatic carbocycles. The zero-order valence-electron chi connectivity index (χ0n) is 11.6. The lowest BCUT2D eigenvalue weighted by atomic mass is 10.0. The molecule has 1 saturated carbocycles. The van der Waals surface area contributed by atoms with E-state index in [0.29, 0.717) is 18.8 Å². The lowest BCUT2D eigenvalue weighted by molar-refractivity contribution is -0.143. The predicted octanol–water partition coefficient (Wildman–Crippen LogP) is 1.95. The SMILES string of the molecule is CC(C)c1ccc(S(=O)(=O)NCC2(C(=O)O)CC2)cc1. The molecule has 0 heterocycles. The van der Waals surface area contributed by atoms with Gasteiger partial charge in [0.25, 0.3) is 0 Å². The molecule has 20 heavy (non-hydrogen) atoms. The van der Waals surface area contributed by atoms with Gasteiger partial charge in [0.1, 0.15) is 0 Å². The molecule has 6 heteroatoms. The molecule has 5 nitrogen and oxygen atoms in total. The van der Waals surface area contributed by atoms with Crippen LogP contribution in [0.1, 0.15) is 38.2 Å².